The van der Waals surface area contributed by atoms with Crippen molar-refractivity contribution in [3.05, 3.63) is 0 Å². The first-order chi connectivity index (χ1) is 9.06. The summed E-state index contributed by atoms with van der Waals surface area (Å²) in [5, 5.41) is 0. The third-order valence-corrected chi connectivity index (χ3v) is 6.13. The van der Waals surface area contributed by atoms with Crippen LogP contribution in [0.15, 0.2) is 0 Å². The van der Waals surface area contributed by atoms with E-state index in [1.165, 1.54) is 13.1 Å². The van der Waals surface area contributed by atoms with Crippen molar-refractivity contribution in [2.75, 3.05) is 46.1 Å². The fourth-order valence-electron chi connectivity index (χ4n) is 3.07. The Morgan fingerprint density at radius 1 is 1.00 bits per heavy atom. The van der Waals surface area contributed by atoms with Crippen molar-refractivity contribution in [1.29, 1.82) is 0 Å². The lowest BCUT2D eigenvalue weighted by Gasteiger charge is -2.42. The maximum absolute atomic E-state index is 5.91. The van der Waals surface area contributed by atoms with Crippen LogP contribution in [0.1, 0.15) is 34.6 Å². The predicted molar refractivity (Wildman–Crippen MR) is 83.3 cm³/mol. The maximum Gasteiger partial charge on any atom is 0.142 e. The van der Waals surface area contributed by atoms with Gasteiger partial charge in [-0.05, 0) is 39.4 Å². The normalized spacial score (nSPS) is 20.7. The molecular weight excluding hydrogens is 256 g/mol. The van der Waals surface area contributed by atoms with Crippen LogP contribution in [-0.4, -0.2) is 70.8 Å². The number of hydrogen-bond acceptors (Lipinski definition) is 4. The number of rotatable bonds is 8. The van der Waals surface area contributed by atoms with Crippen molar-refractivity contribution in [3.8, 4) is 0 Å². The van der Waals surface area contributed by atoms with Crippen LogP contribution in [0.5, 0.6) is 0 Å². The fraction of sp³-hybridized carbons (Fsp3) is 1.00. The summed E-state index contributed by atoms with van der Waals surface area (Å²) in [5.41, 5.74) is 0.474. The van der Waals surface area contributed by atoms with Crippen LogP contribution < -0.4 is 0 Å². The van der Waals surface area contributed by atoms with Gasteiger partial charge in [0, 0.05) is 26.3 Å². The Kier molecular flexibility index (Phi) is 7.53. The molecule has 0 amide bonds. The van der Waals surface area contributed by atoms with E-state index in [4.69, 9.17) is 9.47 Å². The summed E-state index contributed by atoms with van der Waals surface area (Å²) in [6.07, 6.45) is 0. The highest BCUT2D eigenvalue weighted by molar-refractivity contribution is 6.41. The van der Waals surface area contributed by atoms with E-state index < -0.39 is 9.52 Å². The lowest BCUT2D eigenvalue weighted by Crippen LogP contribution is -2.52. The van der Waals surface area contributed by atoms with Crippen molar-refractivity contribution in [2.45, 2.75) is 45.6 Å². The molecule has 1 rings (SSSR count). The van der Waals surface area contributed by atoms with Crippen LogP contribution in [0.25, 0.3) is 0 Å². The van der Waals surface area contributed by atoms with Gasteiger partial charge in [0.2, 0.25) is 0 Å². The molecule has 1 saturated heterocycles. The van der Waals surface area contributed by atoms with Crippen LogP contribution in [0.2, 0.25) is 5.54 Å². The van der Waals surface area contributed by atoms with Gasteiger partial charge in [0.25, 0.3) is 0 Å². The summed E-state index contributed by atoms with van der Waals surface area (Å²) < 4.78 is 11.8. The highest BCUT2D eigenvalue weighted by Gasteiger charge is 2.33. The Morgan fingerprint density at radius 2 is 1.47 bits per heavy atom. The molecule has 0 spiro atoms. The van der Waals surface area contributed by atoms with Gasteiger partial charge in [0.15, 0.2) is 0 Å². The Labute approximate surface area is 121 Å². The third-order valence-electron chi connectivity index (χ3n) is 3.89. The molecule has 0 N–H and O–H groups in total. The minimum Gasteiger partial charge on any atom is -0.355 e. The van der Waals surface area contributed by atoms with Crippen LogP contribution >= 0.6 is 0 Å². The maximum atomic E-state index is 5.91. The molecule has 19 heavy (non-hydrogen) atoms. The van der Waals surface area contributed by atoms with Crippen LogP contribution in [0.4, 0.5) is 0 Å². The molecule has 0 aromatic rings. The summed E-state index contributed by atoms with van der Waals surface area (Å²) in [4.78, 5) is 5.09. The van der Waals surface area contributed by atoms with Gasteiger partial charge in [0.05, 0.1) is 16.2 Å². The zero-order valence-electron chi connectivity index (χ0n) is 13.4. The van der Waals surface area contributed by atoms with Crippen LogP contribution in [0, 0.1) is 0 Å². The van der Waals surface area contributed by atoms with Gasteiger partial charge in [0.1, 0.15) is 5.41 Å². The third kappa shape index (κ3) is 5.51. The summed E-state index contributed by atoms with van der Waals surface area (Å²) >= 11 is 0. The molecule has 1 heterocycles. The monoisotopic (exact) mass is 288 g/mol. The Bertz CT molecular complexity index is 236. The van der Waals surface area contributed by atoms with Crippen molar-refractivity contribution in [3.63, 3.8) is 0 Å². The fourth-order valence-corrected chi connectivity index (χ4v) is 5.75. The van der Waals surface area contributed by atoms with Crippen molar-refractivity contribution in [1.82, 2.24) is 9.80 Å². The average molecular weight is 289 g/mol. The lowest BCUT2D eigenvalue weighted by atomic mass is 10.3. The predicted octanol–water partition coefficient (Wildman–Crippen LogP) is 1.31. The van der Waals surface area contributed by atoms with E-state index in [2.05, 4.69) is 44.4 Å². The highest BCUT2D eigenvalue weighted by Crippen LogP contribution is 2.23. The van der Waals surface area contributed by atoms with E-state index in [-0.39, 0.29) is 5.41 Å². The quantitative estimate of drug-likeness (QED) is 0.497. The summed E-state index contributed by atoms with van der Waals surface area (Å²) in [6, 6.07) is 0. The molecule has 0 aromatic carbocycles. The van der Waals surface area contributed by atoms with Crippen molar-refractivity contribution >= 4 is 9.52 Å². The zero-order valence-corrected chi connectivity index (χ0v) is 14.9. The van der Waals surface area contributed by atoms with E-state index in [1.807, 2.05) is 0 Å². The summed E-state index contributed by atoms with van der Waals surface area (Å²) in [7, 11) is -0.449. The standard InChI is InChI=1S/C14H32N2O2Si/c1-6-15-10-13(11-16(7-2)12-15)19-14(5,17-8-3)18-9-4/h13H,6-12,19H2,1-5H3. The first-order valence-electron chi connectivity index (χ1n) is 7.79. The Hall–Kier alpha value is 0.0569. The van der Waals surface area contributed by atoms with E-state index in [9.17, 15) is 0 Å². The molecule has 1 aliphatic heterocycles. The zero-order chi connectivity index (χ0) is 14.3. The molecule has 4 nitrogen and oxygen atoms in total. The average Bonchev–Trinajstić information content (AvgIpc) is 2.38. The summed E-state index contributed by atoms with van der Waals surface area (Å²) in [6.45, 7) is 18.1. The van der Waals surface area contributed by atoms with Gasteiger partial charge in [-0.1, -0.05) is 13.8 Å². The van der Waals surface area contributed by atoms with Gasteiger partial charge < -0.3 is 9.47 Å². The molecule has 1 fully saturated rings. The Balaban J connectivity index is 2.61. The topological polar surface area (TPSA) is 24.9 Å². The van der Waals surface area contributed by atoms with E-state index in [1.54, 1.807) is 0 Å². The molecule has 0 bridgehead atoms. The molecule has 5 heteroatoms. The van der Waals surface area contributed by atoms with Gasteiger partial charge in [-0.2, -0.15) is 0 Å². The number of nitrogens with zero attached hydrogens (tertiary/aromatic N) is 2. The summed E-state index contributed by atoms with van der Waals surface area (Å²) in [5.74, 6) is 0. The Morgan fingerprint density at radius 3 is 1.84 bits per heavy atom. The van der Waals surface area contributed by atoms with E-state index in [0.717, 1.165) is 38.5 Å². The second kappa shape index (κ2) is 8.37. The van der Waals surface area contributed by atoms with Gasteiger partial charge >= 0.3 is 0 Å². The van der Waals surface area contributed by atoms with Crippen LogP contribution in [0.3, 0.4) is 0 Å². The first kappa shape index (κ1) is 17.1. The lowest BCUT2D eigenvalue weighted by molar-refractivity contribution is -0.164. The minimum atomic E-state index is -0.449. The molecule has 0 radical (unpaired) electrons. The van der Waals surface area contributed by atoms with Gasteiger partial charge in [-0.3, -0.25) is 9.80 Å². The smallest absolute Gasteiger partial charge is 0.142 e. The molecular formula is C14H32N2O2Si. The molecule has 0 aliphatic carbocycles. The molecule has 0 aromatic heterocycles. The van der Waals surface area contributed by atoms with Crippen molar-refractivity contribution < 1.29 is 9.47 Å². The molecule has 0 atom stereocenters. The number of ether oxygens (including phenoxy) is 2. The van der Waals surface area contributed by atoms with E-state index >= 15 is 0 Å². The molecule has 0 saturated carbocycles. The van der Waals surface area contributed by atoms with Crippen LogP contribution in [-0.2, 0) is 9.47 Å². The first-order valence-corrected chi connectivity index (χ1v) is 9.31. The van der Waals surface area contributed by atoms with Gasteiger partial charge in [-0.25, -0.2) is 0 Å². The van der Waals surface area contributed by atoms with Gasteiger partial charge in [-0.15, -0.1) is 0 Å². The molecule has 0 unspecified atom stereocenters. The second-order valence-corrected chi connectivity index (χ2v) is 8.40. The van der Waals surface area contributed by atoms with E-state index in [0.29, 0.717) is 0 Å². The second-order valence-electron chi connectivity index (χ2n) is 5.55. The SMILES string of the molecule is CCOC(C)(OCC)[SiH2]C1CN(CC)CN(CC)C1. The largest absolute Gasteiger partial charge is 0.355 e. The molecule has 114 valence electrons. The highest BCUT2D eigenvalue weighted by atomic mass is 28.2. The minimum absolute atomic E-state index is 0.287. The van der Waals surface area contributed by atoms with Crippen molar-refractivity contribution in [2.24, 2.45) is 0 Å². The number of hydrogen-bond donors (Lipinski definition) is 0. The molecule has 1 aliphatic rings.